The number of phenols is 1. The van der Waals surface area contributed by atoms with Gasteiger partial charge in [-0.2, -0.15) is 0 Å². The van der Waals surface area contributed by atoms with Gasteiger partial charge in [-0.05, 0) is 30.0 Å². The predicted octanol–water partition coefficient (Wildman–Crippen LogP) is 2.00. The van der Waals surface area contributed by atoms with E-state index in [2.05, 4.69) is 22.2 Å². The molecule has 2 aromatic rings. The van der Waals surface area contributed by atoms with Gasteiger partial charge in [0.1, 0.15) is 5.75 Å². The van der Waals surface area contributed by atoms with Crippen molar-refractivity contribution in [2.45, 2.75) is 19.8 Å². The number of aromatic amines is 1. The van der Waals surface area contributed by atoms with Gasteiger partial charge in [0.05, 0.1) is 0 Å². The molecule has 0 aliphatic heterocycles. The minimum Gasteiger partial charge on any atom is -0.508 e. The maximum Gasteiger partial charge on any atom is 0.252 e. The molecule has 1 atom stereocenters. The fourth-order valence-electron chi connectivity index (χ4n) is 1.99. The van der Waals surface area contributed by atoms with E-state index in [1.807, 2.05) is 19.1 Å². The van der Waals surface area contributed by atoms with Crippen LogP contribution in [0.15, 0.2) is 35.3 Å². The Balaban J connectivity index is 2.07. The van der Waals surface area contributed by atoms with Crippen molar-refractivity contribution >= 4 is 5.95 Å². The van der Waals surface area contributed by atoms with Gasteiger partial charge in [0.2, 0.25) is 5.95 Å². The lowest BCUT2D eigenvalue weighted by molar-refractivity contribution is 0.469. The first kappa shape index (κ1) is 13.1. The van der Waals surface area contributed by atoms with Gasteiger partial charge in [0.25, 0.3) is 5.56 Å². The molecule has 0 aliphatic rings. The number of hydrogen-bond acceptors (Lipinski definition) is 4. The predicted molar refractivity (Wildman–Crippen MR) is 74.6 cm³/mol. The van der Waals surface area contributed by atoms with Crippen LogP contribution in [0, 0.1) is 6.92 Å². The van der Waals surface area contributed by atoms with Crippen molar-refractivity contribution in [3.05, 3.63) is 51.9 Å². The third-order valence-electron chi connectivity index (χ3n) is 3.12. The first-order chi connectivity index (χ1) is 9.08. The van der Waals surface area contributed by atoms with Gasteiger partial charge in [-0.1, -0.05) is 19.1 Å². The van der Waals surface area contributed by atoms with Crippen LogP contribution >= 0.6 is 0 Å². The number of benzene rings is 1. The van der Waals surface area contributed by atoms with Crippen LogP contribution in [-0.2, 0) is 0 Å². The third kappa shape index (κ3) is 3.13. The molecule has 0 fully saturated rings. The summed E-state index contributed by atoms with van der Waals surface area (Å²) in [6.45, 7) is 4.57. The summed E-state index contributed by atoms with van der Waals surface area (Å²) in [6, 6.07) is 6.86. The van der Waals surface area contributed by atoms with E-state index >= 15 is 0 Å². The zero-order valence-electron chi connectivity index (χ0n) is 11.0. The molecule has 5 heteroatoms. The second kappa shape index (κ2) is 5.56. The van der Waals surface area contributed by atoms with Crippen LogP contribution in [-0.4, -0.2) is 21.6 Å². The van der Waals surface area contributed by atoms with Crippen molar-refractivity contribution in [3.8, 4) is 5.75 Å². The molecule has 0 saturated heterocycles. The van der Waals surface area contributed by atoms with E-state index in [0.717, 1.165) is 11.1 Å². The molecule has 1 heterocycles. The van der Waals surface area contributed by atoms with Gasteiger partial charge in [-0.3, -0.25) is 9.78 Å². The number of phenolic OH excluding ortho intramolecular Hbond substituents is 1. The summed E-state index contributed by atoms with van der Waals surface area (Å²) in [4.78, 5) is 17.8. The minimum atomic E-state index is -0.182. The van der Waals surface area contributed by atoms with Gasteiger partial charge >= 0.3 is 0 Å². The van der Waals surface area contributed by atoms with Crippen molar-refractivity contribution in [2.24, 2.45) is 0 Å². The van der Waals surface area contributed by atoms with Crippen molar-refractivity contribution < 1.29 is 5.11 Å². The second-order valence-corrected chi connectivity index (χ2v) is 4.56. The Kier molecular flexibility index (Phi) is 3.85. The largest absolute Gasteiger partial charge is 0.508 e. The molecule has 3 N–H and O–H groups in total. The molecule has 5 nitrogen and oxygen atoms in total. The summed E-state index contributed by atoms with van der Waals surface area (Å²) in [5.74, 6) is 0.949. The number of aromatic nitrogens is 2. The van der Waals surface area contributed by atoms with Crippen molar-refractivity contribution in [1.82, 2.24) is 9.97 Å². The fraction of sp³-hybridized carbons (Fsp3) is 0.286. The molecule has 0 radical (unpaired) electrons. The molecule has 1 aromatic carbocycles. The standard InChI is InChI=1S/C14H17N3O2/c1-9(11-4-3-5-12(18)10(11)2)8-16-14-15-7-6-13(19)17-14/h3-7,9,18H,8H2,1-2H3,(H2,15,16,17,19). The van der Waals surface area contributed by atoms with Gasteiger partial charge in [0.15, 0.2) is 0 Å². The number of nitrogens with one attached hydrogen (secondary N) is 2. The Morgan fingerprint density at radius 1 is 1.42 bits per heavy atom. The van der Waals surface area contributed by atoms with Gasteiger partial charge in [-0.15, -0.1) is 0 Å². The summed E-state index contributed by atoms with van der Waals surface area (Å²) < 4.78 is 0. The lowest BCUT2D eigenvalue weighted by atomic mass is 9.96. The maximum atomic E-state index is 11.1. The highest BCUT2D eigenvalue weighted by atomic mass is 16.3. The highest BCUT2D eigenvalue weighted by Crippen LogP contribution is 2.26. The maximum absolute atomic E-state index is 11.1. The van der Waals surface area contributed by atoms with Crippen LogP contribution in [0.3, 0.4) is 0 Å². The zero-order chi connectivity index (χ0) is 13.8. The summed E-state index contributed by atoms with van der Waals surface area (Å²) >= 11 is 0. The number of hydrogen-bond donors (Lipinski definition) is 3. The summed E-state index contributed by atoms with van der Waals surface area (Å²) in [5.41, 5.74) is 1.77. The van der Waals surface area contributed by atoms with Gasteiger partial charge < -0.3 is 10.4 Å². The van der Waals surface area contributed by atoms with E-state index in [4.69, 9.17) is 0 Å². The van der Waals surface area contributed by atoms with Gasteiger partial charge in [-0.25, -0.2) is 4.98 Å². The first-order valence-electron chi connectivity index (χ1n) is 6.15. The molecule has 19 heavy (non-hydrogen) atoms. The van der Waals surface area contributed by atoms with Crippen LogP contribution in [0.4, 0.5) is 5.95 Å². The lowest BCUT2D eigenvalue weighted by Crippen LogP contribution is -2.16. The van der Waals surface area contributed by atoms with Crippen LogP contribution in [0.1, 0.15) is 24.0 Å². The van der Waals surface area contributed by atoms with Gasteiger partial charge in [0, 0.05) is 18.8 Å². The number of rotatable bonds is 4. The van der Waals surface area contributed by atoms with Crippen molar-refractivity contribution in [3.63, 3.8) is 0 Å². The average molecular weight is 259 g/mol. The molecule has 1 unspecified atom stereocenters. The highest BCUT2D eigenvalue weighted by Gasteiger charge is 2.10. The lowest BCUT2D eigenvalue weighted by Gasteiger charge is -2.16. The first-order valence-corrected chi connectivity index (χ1v) is 6.15. The smallest absolute Gasteiger partial charge is 0.252 e. The van der Waals surface area contributed by atoms with Crippen LogP contribution in [0.2, 0.25) is 0 Å². The number of H-pyrrole nitrogens is 1. The van der Waals surface area contributed by atoms with Crippen molar-refractivity contribution in [2.75, 3.05) is 11.9 Å². The monoisotopic (exact) mass is 259 g/mol. The van der Waals surface area contributed by atoms with Crippen LogP contribution in [0.25, 0.3) is 0 Å². The second-order valence-electron chi connectivity index (χ2n) is 4.56. The van der Waals surface area contributed by atoms with Crippen LogP contribution in [0.5, 0.6) is 5.75 Å². The molecule has 0 aliphatic carbocycles. The Morgan fingerprint density at radius 2 is 2.21 bits per heavy atom. The Hall–Kier alpha value is -2.30. The summed E-state index contributed by atoms with van der Waals surface area (Å²) in [6.07, 6.45) is 1.46. The molecule has 2 rings (SSSR count). The Labute approximate surface area is 111 Å². The highest BCUT2D eigenvalue weighted by molar-refractivity contribution is 5.40. The van der Waals surface area contributed by atoms with E-state index in [0.29, 0.717) is 18.2 Å². The molecular formula is C14H17N3O2. The minimum absolute atomic E-state index is 0.182. The normalized spacial score (nSPS) is 12.1. The molecule has 0 spiro atoms. The van der Waals surface area contributed by atoms with Crippen molar-refractivity contribution in [1.29, 1.82) is 0 Å². The third-order valence-corrected chi connectivity index (χ3v) is 3.12. The topological polar surface area (TPSA) is 78.0 Å². The molecular weight excluding hydrogens is 242 g/mol. The fourth-order valence-corrected chi connectivity index (χ4v) is 1.99. The van der Waals surface area contributed by atoms with E-state index in [9.17, 15) is 9.90 Å². The molecule has 100 valence electrons. The number of nitrogens with zero attached hydrogens (tertiary/aromatic N) is 1. The summed E-state index contributed by atoms with van der Waals surface area (Å²) in [5, 5.41) is 12.8. The molecule has 0 amide bonds. The van der Waals surface area contributed by atoms with Crippen LogP contribution < -0.4 is 10.9 Å². The van der Waals surface area contributed by atoms with E-state index in [-0.39, 0.29) is 11.5 Å². The molecule has 0 saturated carbocycles. The van der Waals surface area contributed by atoms with E-state index < -0.39 is 0 Å². The number of aromatic hydroxyl groups is 1. The Bertz CT molecular complexity index is 622. The summed E-state index contributed by atoms with van der Waals surface area (Å²) in [7, 11) is 0. The SMILES string of the molecule is Cc1c(O)cccc1C(C)CNc1nccc(=O)[nH]1. The molecule has 1 aromatic heterocycles. The average Bonchev–Trinajstić information content (AvgIpc) is 2.39. The van der Waals surface area contributed by atoms with E-state index in [1.165, 1.54) is 12.3 Å². The quantitative estimate of drug-likeness (QED) is 0.784. The molecule has 0 bridgehead atoms. The zero-order valence-corrected chi connectivity index (χ0v) is 11.0. The van der Waals surface area contributed by atoms with E-state index in [1.54, 1.807) is 6.07 Å². The number of anilines is 1. The Morgan fingerprint density at radius 3 is 2.95 bits per heavy atom.